The van der Waals surface area contributed by atoms with Crippen LogP contribution in [0.15, 0.2) is 0 Å². The number of carbonyl (C=O) groups excluding carboxylic acids is 1. The molecule has 0 spiro atoms. The van der Waals surface area contributed by atoms with E-state index >= 15 is 0 Å². The maximum atomic E-state index is 11.5. The molecule has 0 radical (unpaired) electrons. The van der Waals surface area contributed by atoms with E-state index < -0.39 is 17.2 Å². The van der Waals surface area contributed by atoms with Gasteiger partial charge in [0.25, 0.3) is 0 Å². The average molecular weight is 216 g/mol. The van der Waals surface area contributed by atoms with Crippen LogP contribution in [0.5, 0.6) is 0 Å². The number of rotatable bonds is 2. The van der Waals surface area contributed by atoms with Crippen LogP contribution in [0.3, 0.4) is 0 Å². The van der Waals surface area contributed by atoms with Gasteiger partial charge < -0.3 is 20.5 Å². The van der Waals surface area contributed by atoms with Crippen LogP contribution in [0.1, 0.15) is 27.2 Å². The molecule has 15 heavy (non-hydrogen) atoms. The second kappa shape index (κ2) is 4.37. The summed E-state index contributed by atoms with van der Waals surface area (Å²) in [6.45, 7) is 6.75. The third kappa shape index (κ3) is 3.68. The lowest BCUT2D eigenvalue weighted by Gasteiger charge is -2.29. The zero-order chi connectivity index (χ0) is 11.5. The van der Waals surface area contributed by atoms with Crippen molar-refractivity contribution in [3.63, 3.8) is 0 Å². The van der Waals surface area contributed by atoms with Gasteiger partial charge in [-0.15, -0.1) is 0 Å². The highest BCUT2D eigenvalue weighted by molar-refractivity contribution is 5.69. The first-order valence-corrected chi connectivity index (χ1v) is 5.20. The predicted octanol–water partition coefficient (Wildman–Crippen LogP) is 0.236. The molecule has 0 aromatic heterocycles. The fraction of sp³-hybridized carbons (Fsp3) is 0.900. The van der Waals surface area contributed by atoms with Gasteiger partial charge in [0, 0.05) is 6.54 Å². The smallest absolute Gasteiger partial charge is 0.408 e. The third-order valence-corrected chi connectivity index (χ3v) is 2.31. The van der Waals surface area contributed by atoms with Crippen LogP contribution in [-0.4, -0.2) is 42.0 Å². The zero-order valence-corrected chi connectivity index (χ0v) is 9.59. The molecule has 0 aliphatic carbocycles. The van der Waals surface area contributed by atoms with E-state index in [4.69, 9.17) is 4.74 Å². The van der Waals surface area contributed by atoms with Gasteiger partial charge in [-0.3, -0.25) is 0 Å². The Labute approximate surface area is 90.2 Å². The van der Waals surface area contributed by atoms with Crippen molar-refractivity contribution >= 4 is 6.09 Å². The minimum absolute atomic E-state index is 0.0702. The lowest BCUT2D eigenvalue weighted by atomic mass is 10.0. The predicted molar refractivity (Wildman–Crippen MR) is 56.7 cm³/mol. The van der Waals surface area contributed by atoms with Gasteiger partial charge in [-0.2, -0.15) is 0 Å². The molecule has 1 rings (SSSR count). The Morgan fingerprint density at radius 2 is 2.27 bits per heavy atom. The number of carbonyl (C=O) groups is 1. The summed E-state index contributed by atoms with van der Waals surface area (Å²) < 4.78 is 5.14. The van der Waals surface area contributed by atoms with Gasteiger partial charge in [-0.05, 0) is 33.7 Å². The largest absolute Gasteiger partial charge is 0.444 e. The number of aliphatic hydroxyl groups excluding tert-OH is 1. The highest BCUT2D eigenvalue weighted by Crippen LogP contribution is 2.15. The number of hydrogen-bond donors (Lipinski definition) is 3. The van der Waals surface area contributed by atoms with Crippen LogP contribution in [0, 0.1) is 0 Å². The minimum Gasteiger partial charge on any atom is -0.444 e. The quantitative estimate of drug-likeness (QED) is 0.618. The summed E-state index contributed by atoms with van der Waals surface area (Å²) in [6.07, 6.45) is 0.253. The normalized spacial score (nSPS) is 26.4. The van der Waals surface area contributed by atoms with E-state index in [0.717, 1.165) is 13.0 Å². The maximum Gasteiger partial charge on any atom is 0.408 e. The number of nitrogens with one attached hydrogen (secondary N) is 2. The van der Waals surface area contributed by atoms with Crippen LogP contribution in [0.25, 0.3) is 0 Å². The summed E-state index contributed by atoms with van der Waals surface area (Å²) >= 11 is 0. The summed E-state index contributed by atoms with van der Waals surface area (Å²) in [7, 11) is 0. The molecular formula is C10H20N2O3. The van der Waals surface area contributed by atoms with Gasteiger partial charge in [0.15, 0.2) is 0 Å². The van der Waals surface area contributed by atoms with Crippen molar-refractivity contribution in [2.24, 2.45) is 0 Å². The number of amides is 1. The van der Waals surface area contributed by atoms with E-state index in [1.165, 1.54) is 0 Å². The van der Waals surface area contributed by atoms with Gasteiger partial charge in [0.05, 0.1) is 12.1 Å². The number of hydrogen-bond acceptors (Lipinski definition) is 4. The molecule has 0 saturated carbocycles. The van der Waals surface area contributed by atoms with Crippen molar-refractivity contribution in [3.05, 3.63) is 0 Å². The highest BCUT2D eigenvalue weighted by atomic mass is 16.6. The van der Waals surface area contributed by atoms with E-state index in [9.17, 15) is 9.90 Å². The molecule has 0 aromatic rings. The number of aliphatic hydroxyl groups is 1. The zero-order valence-electron chi connectivity index (χ0n) is 9.59. The van der Waals surface area contributed by atoms with Crippen molar-refractivity contribution in [1.82, 2.24) is 10.6 Å². The minimum atomic E-state index is -0.553. The molecule has 1 amide bonds. The summed E-state index contributed by atoms with van der Waals surface area (Å²) in [5, 5.41) is 15.1. The standard InChI is InChI=1S/C10H20N2O3/c1-9(2,3)15-8(14)12-10(7-13)4-5-11-6-10/h11,13H,4-7H2,1-3H3,(H,12,14)/t10-/m1/s1. The van der Waals surface area contributed by atoms with Gasteiger partial charge in [0.1, 0.15) is 5.60 Å². The fourth-order valence-corrected chi connectivity index (χ4v) is 1.55. The second-order valence-corrected chi connectivity index (χ2v) is 4.99. The molecular weight excluding hydrogens is 196 g/mol. The summed E-state index contributed by atoms with van der Waals surface area (Å²) in [6, 6.07) is 0. The molecule has 5 heteroatoms. The van der Waals surface area contributed by atoms with E-state index in [2.05, 4.69) is 10.6 Å². The first-order valence-electron chi connectivity index (χ1n) is 5.20. The van der Waals surface area contributed by atoms with Crippen LogP contribution in [-0.2, 0) is 4.74 Å². The van der Waals surface area contributed by atoms with Crippen LogP contribution in [0.2, 0.25) is 0 Å². The molecule has 1 heterocycles. The lowest BCUT2D eigenvalue weighted by molar-refractivity contribution is 0.0416. The van der Waals surface area contributed by atoms with Gasteiger partial charge in [-0.1, -0.05) is 0 Å². The van der Waals surface area contributed by atoms with Crippen molar-refractivity contribution < 1.29 is 14.6 Å². The Hall–Kier alpha value is -0.810. The van der Waals surface area contributed by atoms with Crippen molar-refractivity contribution in [3.8, 4) is 0 Å². The molecule has 0 unspecified atom stereocenters. The molecule has 1 atom stereocenters. The summed E-state index contributed by atoms with van der Waals surface area (Å²) in [4.78, 5) is 11.5. The van der Waals surface area contributed by atoms with Crippen molar-refractivity contribution in [2.45, 2.75) is 38.3 Å². The Morgan fingerprint density at radius 1 is 1.60 bits per heavy atom. The SMILES string of the molecule is CC(C)(C)OC(=O)N[C@]1(CO)CCNC1. The lowest BCUT2D eigenvalue weighted by Crippen LogP contribution is -2.54. The van der Waals surface area contributed by atoms with Gasteiger partial charge >= 0.3 is 6.09 Å². The van der Waals surface area contributed by atoms with Gasteiger partial charge in [-0.25, -0.2) is 4.79 Å². The summed E-state index contributed by atoms with van der Waals surface area (Å²) in [5.74, 6) is 0. The van der Waals surface area contributed by atoms with Crippen LogP contribution in [0.4, 0.5) is 4.79 Å². The van der Waals surface area contributed by atoms with E-state index in [-0.39, 0.29) is 6.61 Å². The van der Waals surface area contributed by atoms with Crippen molar-refractivity contribution in [2.75, 3.05) is 19.7 Å². The second-order valence-electron chi connectivity index (χ2n) is 4.99. The number of ether oxygens (including phenoxy) is 1. The monoisotopic (exact) mass is 216 g/mol. The molecule has 0 aromatic carbocycles. The highest BCUT2D eigenvalue weighted by Gasteiger charge is 2.35. The van der Waals surface area contributed by atoms with Crippen LogP contribution < -0.4 is 10.6 Å². The van der Waals surface area contributed by atoms with E-state index in [0.29, 0.717) is 6.54 Å². The Kier molecular flexibility index (Phi) is 3.57. The molecule has 3 N–H and O–H groups in total. The molecule has 0 bridgehead atoms. The maximum absolute atomic E-state index is 11.5. The Balaban J connectivity index is 2.49. The first kappa shape index (κ1) is 12.3. The topological polar surface area (TPSA) is 70.6 Å². The van der Waals surface area contributed by atoms with E-state index in [1.807, 2.05) is 20.8 Å². The average Bonchev–Trinajstić information content (AvgIpc) is 2.50. The van der Waals surface area contributed by atoms with Crippen molar-refractivity contribution in [1.29, 1.82) is 0 Å². The van der Waals surface area contributed by atoms with Gasteiger partial charge in [0.2, 0.25) is 0 Å². The molecule has 1 aliphatic rings. The molecule has 1 fully saturated rings. The fourth-order valence-electron chi connectivity index (χ4n) is 1.55. The summed E-state index contributed by atoms with van der Waals surface area (Å²) in [5.41, 5.74) is -1.06. The Bertz CT molecular complexity index is 229. The Morgan fingerprint density at radius 3 is 2.67 bits per heavy atom. The van der Waals surface area contributed by atoms with E-state index in [1.54, 1.807) is 0 Å². The number of alkyl carbamates (subject to hydrolysis) is 1. The third-order valence-electron chi connectivity index (χ3n) is 2.31. The molecule has 88 valence electrons. The van der Waals surface area contributed by atoms with Crippen LogP contribution >= 0.6 is 0 Å². The molecule has 1 aliphatic heterocycles. The molecule has 5 nitrogen and oxygen atoms in total. The first-order chi connectivity index (χ1) is 6.87. The molecule has 1 saturated heterocycles.